The number of benzene rings is 1. The summed E-state index contributed by atoms with van der Waals surface area (Å²) >= 11 is 0. The Morgan fingerprint density at radius 3 is 2.71 bits per heavy atom. The number of aliphatic hydroxyl groups is 1. The SMILES string of the molecule is Cc1cccc(-c2cc(=O)c(=C(O)CCC(=O)O)c3ncnn23)c1. The van der Waals surface area contributed by atoms with Crippen molar-refractivity contribution in [2.24, 2.45) is 0 Å². The van der Waals surface area contributed by atoms with Gasteiger partial charge in [0.2, 0.25) is 0 Å². The van der Waals surface area contributed by atoms with Crippen LogP contribution in [0.5, 0.6) is 0 Å². The van der Waals surface area contributed by atoms with Crippen molar-refractivity contribution in [1.82, 2.24) is 14.6 Å². The van der Waals surface area contributed by atoms with E-state index >= 15 is 0 Å². The highest BCUT2D eigenvalue weighted by atomic mass is 16.4. The average Bonchev–Trinajstić information content (AvgIpc) is 3.01. The van der Waals surface area contributed by atoms with Gasteiger partial charge < -0.3 is 10.2 Å². The monoisotopic (exact) mass is 325 g/mol. The number of aromatic nitrogens is 3. The van der Waals surface area contributed by atoms with E-state index in [9.17, 15) is 14.7 Å². The van der Waals surface area contributed by atoms with E-state index in [1.807, 2.05) is 31.2 Å². The van der Waals surface area contributed by atoms with Crippen LogP contribution in [0.25, 0.3) is 22.7 Å². The summed E-state index contributed by atoms with van der Waals surface area (Å²) in [6, 6.07) is 8.98. The number of carboxylic acids is 1. The Morgan fingerprint density at radius 1 is 1.21 bits per heavy atom. The lowest BCUT2D eigenvalue weighted by molar-refractivity contribution is -0.136. The maximum absolute atomic E-state index is 12.5. The predicted molar refractivity (Wildman–Crippen MR) is 87.6 cm³/mol. The number of hydrogen-bond acceptors (Lipinski definition) is 5. The number of hydrogen-bond donors (Lipinski definition) is 2. The fourth-order valence-electron chi connectivity index (χ4n) is 2.59. The molecule has 0 aliphatic carbocycles. The highest BCUT2D eigenvalue weighted by molar-refractivity contribution is 5.69. The number of aliphatic hydroxyl groups excluding tert-OH is 1. The largest absolute Gasteiger partial charge is 0.511 e. The third-order valence-corrected chi connectivity index (χ3v) is 3.69. The fraction of sp³-hybridized carbons (Fsp3) is 0.176. The van der Waals surface area contributed by atoms with Gasteiger partial charge in [-0.05, 0) is 13.0 Å². The number of pyridine rings is 1. The first kappa shape index (κ1) is 15.7. The molecule has 3 rings (SSSR count). The van der Waals surface area contributed by atoms with Gasteiger partial charge >= 0.3 is 5.97 Å². The second-order valence-electron chi connectivity index (χ2n) is 5.47. The van der Waals surface area contributed by atoms with Crippen molar-refractivity contribution in [3.05, 3.63) is 57.7 Å². The Bertz CT molecular complexity index is 1040. The predicted octanol–water partition coefficient (Wildman–Crippen LogP) is 1.31. The van der Waals surface area contributed by atoms with Crippen LogP contribution in [0.3, 0.4) is 0 Å². The number of aryl methyl sites for hydroxylation is 1. The highest BCUT2D eigenvalue weighted by Crippen LogP contribution is 2.18. The Balaban J connectivity index is 2.26. The molecule has 0 saturated carbocycles. The quantitative estimate of drug-likeness (QED) is 0.749. The van der Waals surface area contributed by atoms with Gasteiger partial charge in [-0.15, -0.1) is 0 Å². The van der Waals surface area contributed by atoms with E-state index in [4.69, 9.17) is 5.11 Å². The molecule has 0 saturated heterocycles. The van der Waals surface area contributed by atoms with Gasteiger partial charge in [0.05, 0.1) is 12.1 Å². The van der Waals surface area contributed by atoms with Gasteiger partial charge in [0.15, 0.2) is 11.1 Å². The maximum atomic E-state index is 12.5. The molecular weight excluding hydrogens is 310 g/mol. The van der Waals surface area contributed by atoms with Crippen molar-refractivity contribution in [3.8, 4) is 11.3 Å². The summed E-state index contributed by atoms with van der Waals surface area (Å²) in [5.41, 5.74) is 2.19. The lowest BCUT2D eigenvalue weighted by Gasteiger charge is -2.06. The van der Waals surface area contributed by atoms with Crippen molar-refractivity contribution < 1.29 is 15.0 Å². The van der Waals surface area contributed by atoms with Crippen molar-refractivity contribution >= 4 is 17.4 Å². The first-order valence-corrected chi connectivity index (χ1v) is 7.35. The zero-order valence-corrected chi connectivity index (χ0v) is 12.9. The van der Waals surface area contributed by atoms with Gasteiger partial charge in [0.25, 0.3) is 0 Å². The van der Waals surface area contributed by atoms with Crippen LogP contribution >= 0.6 is 0 Å². The molecule has 2 aromatic heterocycles. The molecule has 0 fully saturated rings. The number of carboxylic acid groups (broad SMARTS) is 1. The van der Waals surface area contributed by atoms with Crippen LogP contribution in [-0.2, 0) is 4.79 Å². The zero-order chi connectivity index (χ0) is 17.3. The Hall–Kier alpha value is -3.22. The van der Waals surface area contributed by atoms with Crippen molar-refractivity contribution in [2.45, 2.75) is 19.8 Å². The third kappa shape index (κ3) is 2.83. The van der Waals surface area contributed by atoms with Crippen LogP contribution in [0.4, 0.5) is 0 Å². The molecular formula is C17H15N3O4. The van der Waals surface area contributed by atoms with E-state index in [0.29, 0.717) is 5.69 Å². The molecule has 3 aromatic rings. The van der Waals surface area contributed by atoms with Gasteiger partial charge in [0.1, 0.15) is 17.3 Å². The highest BCUT2D eigenvalue weighted by Gasteiger charge is 2.13. The maximum Gasteiger partial charge on any atom is 0.303 e. The molecule has 2 heterocycles. The van der Waals surface area contributed by atoms with Crippen LogP contribution in [0.1, 0.15) is 18.4 Å². The van der Waals surface area contributed by atoms with Crippen LogP contribution < -0.4 is 10.6 Å². The van der Waals surface area contributed by atoms with Crippen molar-refractivity contribution in [2.75, 3.05) is 0 Å². The summed E-state index contributed by atoms with van der Waals surface area (Å²) in [6.45, 7) is 1.94. The fourth-order valence-corrected chi connectivity index (χ4v) is 2.59. The third-order valence-electron chi connectivity index (χ3n) is 3.69. The van der Waals surface area contributed by atoms with Gasteiger partial charge in [-0.2, -0.15) is 5.10 Å². The van der Waals surface area contributed by atoms with Crippen LogP contribution in [0, 0.1) is 6.92 Å². The second kappa shape index (κ2) is 6.11. The minimum Gasteiger partial charge on any atom is -0.511 e. The van der Waals surface area contributed by atoms with Gasteiger partial charge in [0, 0.05) is 18.1 Å². The number of aliphatic carboxylic acids is 1. The van der Waals surface area contributed by atoms with E-state index in [2.05, 4.69) is 10.1 Å². The summed E-state index contributed by atoms with van der Waals surface area (Å²) in [5, 5.41) is 23.0. The van der Waals surface area contributed by atoms with Gasteiger partial charge in [-0.25, -0.2) is 9.50 Å². The van der Waals surface area contributed by atoms with Gasteiger partial charge in [-0.1, -0.05) is 23.8 Å². The molecule has 0 amide bonds. The minimum atomic E-state index is -1.05. The smallest absolute Gasteiger partial charge is 0.303 e. The molecule has 0 spiro atoms. The first-order valence-electron chi connectivity index (χ1n) is 7.35. The molecule has 0 atom stereocenters. The number of carbonyl (C=O) groups is 1. The second-order valence-corrected chi connectivity index (χ2v) is 5.47. The summed E-state index contributed by atoms with van der Waals surface area (Å²) in [4.78, 5) is 27.2. The first-order chi connectivity index (χ1) is 11.5. The van der Waals surface area contributed by atoms with E-state index in [-0.39, 0.29) is 29.5 Å². The summed E-state index contributed by atoms with van der Waals surface area (Å²) < 4.78 is 1.47. The summed E-state index contributed by atoms with van der Waals surface area (Å²) in [7, 11) is 0. The molecule has 7 heteroatoms. The number of fused-ring (bicyclic) bond motifs is 1. The normalized spacial score (nSPS) is 12.4. The molecule has 122 valence electrons. The molecule has 2 N–H and O–H groups in total. The van der Waals surface area contributed by atoms with Gasteiger partial charge in [-0.3, -0.25) is 9.59 Å². The molecule has 0 radical (unpaired) electrons. The Kier molecular flexibility index (Phi) is 3.99. The average molecular weight is 325 g/mol. The molecule has 0 aliphatic heterocycles. The molecule has 1 aromatic carbocycles. The van der Waals surface area contributed by atoms with E-state index in [0.717, 1.165) is 11.1 Å². The molecule has 0 unspecified atom stereocenters. The van der Waals surface area contributed by atoms with E-state index < -0.39 is 11.4 Å². The number of nitrogens with zero attached hydrogens (tertiary/aromatic N) is 3. The van der Waals surface area contributed by atoms with E-state index in [1.165, 1.54) is 16.9 Å². The molecule has 24 heavy (non-hydrogen) atoms. The van der Waals surface area contributed by atoms with Crippen molar-refractivity contribution in [1.29, 1.82) is 0 Å². The number of rotatable bonds is 4. The standard InChI is InChI=1S/C17H15N3O4/c1-10-3-2-4-11(7-10)12-8-14(22)16(13(21)5-6-15(23)24)17-18-9-19-20(12)17/h2-4,7-9,21H,5-6H2,1H3,(H,23,24). The van der Waals surface area contributed by atoms with E-state index in [1.54, 1.807) is 0 Å². The molecule has 0 bridgehead atoms. The molecule has 0 aliphatic rings. The molecule has 7 nitrogen and oxygen atoms in total. The minimum absolute atomic E-state index is 0.00912. The zero-order valence-electron chi connectivity index (χ0n) is 12.9. The van der Waals surface area contributed by atoms with Crippen molar-refractivity contribution in [3.63, 3.8) is 0 Å². The van der Waals surface area contributed by atoms with Crippen LogP contribution in [0.2, 0.25) is 0 Å². The Labute approximate surface area is 136 Å². The summed E-state index contributed by atoms with van der Waals surface area (Å²) in [5.74, 6) is -1.35. The summed E-state index contributed by atoms with van der Waals surface area (Å²) in [6.07, 6.45) is 0.879. The lowest BCUT2D eigenvalue weighted by Crippen LogP contribution is -2.30. The van der Waals surface area contributed by atoms with Crippen LogP contribution in [0.15, 0.2) is 41.5 Å². The van der Waals surface area contributed by atoms with Crippen LogP contribution in [-0.4, -0.2) is 30.8 Å². The topological polar surface area (TPSA) is 105 Å². The lowest BCUT2D eigenvalue weighted by atomic mass is 10.1. The Morgan fingerprint density at radius 2 is 2.00 bits per heavy atom.